The van der Waals surface area contributed by atoms with Crippen LogP contribution in [0.15, 0.2) is 12.2 Å². The molecule has 19 atom stereocenters. The second-order valence-corrected chi connectivity index (χ2v) is 18.5. The van der Waals surface area contributed by atoms with Crippen LogP contribution in [0.1, 0.15) is 134 Å². The first-order valence-corrected chi connectivity index (χ1v) is 21.1. The summed E-state index contributed by atoms with van der Waals surface area (Å²) in [6.07, 6.45) is 4.75. The number of carboxylic acids is 1. The molecular formula is C43H72O11. The Morgan fingerprint density at radius 2 is 1.48 bits per heavy atom. The van der Waals surface area contributed by atoms with E-state index in [1.807, 2.05) is 48.5 Å². The molecule has 4 saturated heterocycles. The standard InChI is InChI=1S/C43H72O11/c1-12-30(35(46)27(8)34(45)28(9)36-23(4)21-24(5)37(51-36)31(13-2)39(47)48)38-25(6)22-26(7)42(52-38)18-15-32(44)43(54-42)20-19-40(11,53-43)33-16-17-41(49,14-3)29(10)50-33/h15,18,23-34,36-38,44-45,49H,12-14,16-17,19-22H2,1-11H3,(H,47,48)/t23-,24-,25-,26+,27-,28-,29-,30-,31+,32+,33?,34+,36?,37?,38?,40-,41+,42-,43-/m1/s1. The number of aliphatic hydroxyl groups is 3. The Morgan fingerprint density at radius 1 is 0.852 bits per heavy atom. The van der Waals surface area contributed by atoms with Crippen LogP contribution in [0, 0.1) is 47.3 Å². The van der Waals surface area contributed by atoms with Gasteiger partial charge in [0.25, 0.3) is 0 Å². The number of Topliss-reactive ketones (excluding diaryl/α,β-unsaturated/α-hetero) is 1. The monoisotopic (exact) mass is 765 g/mol. The highest BCUT2D eigenvalue weighted by Gasteiger charge is 2.63. The van der Waals surface area contributed by atoms with E-state index in [1.54, 1.807) is 19.1 Å². The summed E-state index contributed by atoms with van der Waals surface area (Å²) in [6.45, 7) is 21.7. The summed E-state index contributed by atoms with van der Waals surface area (Å²) in [7, 11) is 0. The van der Waals surface area contributed by atoms with Crippen molar-refractivity contribution >= 4 is 11.8 Å². The minimum absolute atomic E-state index is 0.0104. The van der Waals surface area contributed by atoms with Gasteiger partial charge in [0.05, 0.1) is 53.7 Å². The average Bonchev–Trinajstić information content (AvgIpc) is 3.47. The van der Waals surface area contributed by atoms with E-state index in [0.717, 1.165) is 6.42 Å². The molecule has 0 amide bonds. The normalized spacial score (nSPS) is 46.9. The first-order valence-electron chi connectivity index (χ1n) is 21.1. The van der Waals surface area contributed by atoms with Gasteiger partial charge in [-0.05, 0) is 95.1 Å². The van der Waals surface area contributed by atoms with Crippen LogP contribution in [0.3, 0.4) is 0 Å². The van der Waals surface area contributed by atoms with Gasteiger partial charge in [0.2, 0.25) is 5.79 Å². The van der Waals surface area contributed by atoms with Gasteiger partial charge in [-0.25, -0.2) is 0 Å². The van der Waals surface area contributed by atoms with Crippen molar-refractivity contribution in [2.45, 2.75) is 199 Å². The number of rotatable bonds is 12. The number of ether oxygens (including phenoxy) is 5. The van der Waals surface area contributed by atoms with Gasteiger partial charge in [-0.15, -0.1) is 0 Å². The molecule has 310 valence electrons. The number of hydrogen-bond acceptors (Lipinski definition) is 10. The zero-order valence-electron chi connectivity index (χ0n) is 34.8. The van der Waals surface area contributed by atoms with Crippen LogP contribution in [-0.2, 0) is 33.3 Å². The van der Waals surface area contributed by atoms with Gasteiger partial charge in [0, 0.05) is 30.1 Å². The summed E-state index contributed by atoms with van der Waals surface area (Å²) in [5, 5.41) is 44.2. The van der Waals surface area contributed by atoms with Gasteiger partial charge in [-0.3, -0.25) is 9.59 Å². The first kappa shape index (κ1) is 43.7. The van der Waals surface area contributed by atoms with E-state index < -0.39 is 76.8 Å². The van der Waals surface area contributed by atoms with Crippen LogP contribution in [0.25, 0.3) is 0 Å². The van der Waals surface area contributed by atoms with Crippen molar-refractivity contribution in [1.82, 2.24) is 0 Å². The van der Waals surface area contributed by atoms with Crippen molar-refractivity contribution in [2.75, 3.05) is 0 Å². The maximum absolute atomic E-state index is 14.5. The highest BCUT2D eigenvalue weighted by atomic mass is 16.8. The molecule has 0 radical (unpaired) electrons. The maximum atomic E-state index is 14.5. The molecule has 0 aromatic heterocycles. The minimum atomic E-state index is -1.37. The molecule has 0 saturated carbocycles. The van der Waals surface area contributed by atoms with Gasteiger partial charge in [0.15, 0.2) is 5.79 Å². The molecule has 2 spiro atoms. The predicted octanol–water partition coefficient (Wildman–Crippen LogP) is 6.43. The van der Waals surface area contributed by atoms with E-state index >= 15 is 0 Å². The van der Waals surface area contributed by atoms with Crippen molar-refractivity contribution in [3.05, 3.63) is 12.2 Å². The Morgan fingerprint density at radius 3 is 2.07 bits per heavy atom. The molecule has 54 heavy (non-hydrogen) atoms. The number of carbonyl (C=O) groups is 2. The summed E-state index contributed by atoms with van der Waals surface area (Å²) >= 11 is 0. The van der Waals surface area contributed by atoms with E-state index in [4.69, 9.17) is 23.7 Å². The number of aliphatic carboxylic acids is 1. The second kappa shape index (κ2) is 16.4. The topological polar surface area (TPSA) is 161 Å². The molecule has 4 N–H and O–H groups in total. The lowest BCUT2D eigenvalue weighted by atomic mass is 9.72. The minimum Gasteiger partial charge on any atom is -0.481 e. The second-order valence-electron chi connectivity index (χ2n) is 18.5. The van der Waals surface area contributed by atoms with Crippen molar-refractivity contribution in [1.29, 1.82) is 0 Å². The van der Waals surface area contributed by atoms with Crippen LogP contribution in [-0.4, -0.2) is 97.7 Å². The Hall–Kier alpha value is -1.44. The number of hydrogen-bond donors (Lipinski definition) is 4. The SMILES string of the molecule is CC[C@H](C(=O)O)C1OC([C@H](C)[C@@H](O)[C@@H](C)C(=O)[C@@H](CC)C2O[C@@]3(C=C[C@H](O)[C@@]4(CC[C@](C)(C5CC[C@@](O)(CC)[C@@H](C)O5)O4)O3)[C@@H](C)C[C@H]2C)[C@H](C)C[C@H]1C. The quantitative estimate of drug-likeness (QED) is 0.162. The van der Waals surface area contributed by atoms with E-state index in [2.05, 4.69) is 20.8 Å². The van der Waals surface area contributed by atoms with Crippen LogP contribution < -0.4 is 0 Å². The number of aliphatic hydroxyl groups excluding tert-OH is 2. The molecule has 4 fully saturated rings. The first-order chi connectivity index (χ1) is 25.2. The van der Waals surface area contributed by atoms with Gasteiger partial charge in [-0.1, -0.05) is 62.3 Å². The van der Waals surface area contributed by atoms with E-state index in [0.29, 0.717) is 51.4 Å². The highest BCUT2D eigenvalue weighted by Crippen LogP contribution is 2.54. The summed E-state index contributed by atoms with van der Waals surface area (Å²) in [5.74, 6) is -5.80. The lowest BCUT2D eigenvalue weighted by molar-refractivity contribution is -0.409. The Balaban J connectivity index is 1.32. The van der Waals surface area contributed by atoms with E-state index in [1.165, 1.54) is 0 Å². The third-order valence-corrected chi connectivity index (χ3v) is 14.8. The van der Waals surface area contributed by atoms with Crippen LogP contribution in [0.2, 0.25) is 0 Å². The van der Waals surface area contributed by atoms with Gasteiger partial charge in [-0.2, -0.15) is 0 Å². The third kappa shape index (κ3) is 7.88. The maximum Gasteiger partial charge on any atom is 0.309 e. The molecule has 5 aliphatic heterocycles. The van der Waals surface area contributed by atoms with Gasteiger partial charge < -0.3 is 44.1 Å². The molecule has 5 heterocycles. The van der Waals surface area contributed by atoms with Gasteiger partial charge >= 0.3 is 5.97 Å². The van der Waals surface area contributed by atoms with E-state index in [-0.39, 0.29) is 47.8 Å². The molecule has 11 heteroatoms. The molecule has 5 rings (SSSR count). The summed E-state index contributed by atoms with van der Waals surface area (Å²) in [6, 6.07) is 0. The van der Waals surface area contributed by atoms with Crippen molar-refractivity contribution < 1.29 is 53.7 Å². The zero-order chi connectivity index (χ0) is 40.1. The number of carbonyl (C=O) groups excluding carboxylic acids is 1. The largest absolute Gasteiger partial charge is 0.481 e. The van der Waals surface area contributed by atoms with Crippen molar-refractivity contribution in [3.8, 4) is 0 Å². The van der Waals surface area contributed by atoms with Gasteiger partial charge in [0.1, 0.15) is 11.9 Å². The van der Waals surface area contributed by atoms with Crippen LogP contribution in [0.5, 0.6) is 0 Å². The molecular weight excluding hydrogens is 692 g/mol. The molecule has 4 unspecified atom stereocenters. The van der Waals surface area contributed by atoms with Crippen molar-refractivity contribution in [3.63, 3.8) is 0 Å². The number of carboxylic acid groups (broad SMARTS) is 1. The third-order valence-electron chi connectivity index (χ3n) is 14.8. The zero-order valence-corrected chi connectivity index (χ0v) is 34.8. The lowest BCUT2D eigenvalue weighted by Crippen LogP contribution is -2.63. The highest BCUT2D eigenvalue weighted by molar-refractivity contribution is 5.84. The van der Waals surface area contributed by atoms with Crippen LogP contribution in [0.4, 0.5) is 0 Å². The summed E-state index contributed by atoms with van der Waals surface area (Å²) in [4.78, 5) is 26.6. The van der Waals surface area contributed by atoms with Crippen LogP contribution >= 0.6 is 0 Å². The molecule has 0 aliphatic carbocycles. The summed E-state index contributed by atoms with van der Waals surface area (Å²) < 4.78 is 33.6. The number of ketones is 1. The summed E-state index contributed by atoms with van der Waals surface area (Å²) in [5.41, 5.74) is -1.63. The molecule has 0 aromatic carbocycles. The molecule has 5 aliphatic rings. The molecule has 11 nitrogen and oxygen atoms in total. The van der Waals surface area contributed by atoms with E-state index in [9.17, 15) is 30.0 Å². The fourth-order valence-electron chi connectivity index (χ4n) is 10.9. The Bertz CT molecular complexity index is 1360. The molecule has 0 bridgehead atoms. The lowest BCUT2D eigenvalue weighted by Gasteiger charge is -2.54. The predicted molar refractivity (Wildman–Crippen MR) is 203 cm³/mol. The average molecular weight is 765 g/mol. The smallest absolute Gasteiger partial charge is 0.309 e. The molecule has 0 aromatic rings. The Labute approximate surface area is 323 Å². The fourth-order valence-corrected chi connectivity index (χ4v) is 10.9. The van der Waals surface area contributed by atoms with Crippen molar-refractivity contribution in [2.24, 2.45) is 47.3 Å². The fraction of sp³-hybridized carbons (Fsp3) is 0.907. The Kier molecular flexibility index (Phi) is 13.3.